The number of amides is 2. The summed E-state index contributed by atoms with van der Waals surface area (Å²) in [5.74, 6) is -0.136. The highest BCUT2D eigenvalue weighted by Gasteiger charge is 2.42. The van der Waals surface area contributed by atoms with Crippen molar-refractivity contribution in [3.63, 3.8) is 0 Å². The Morgan fingerprint density at radius 3 is 2.38 bits per heavy atom. The minimum Gasteiger partial charge on any atom is -0.343 e. The third-order valence-electron chi connectivity index (χ3n) is 3.96. The summed E-state index contributed by atoms with van der Waals surface area (Å²) in [5, 5.41) is 3.36. The van der Waals surface area contributed by atoms with Gasteiger partial charge in [0.1, 0.15) is 12.1 Å². The number of nitrogens with zero attached hydrogens (tertiary/aromatic N) is 1. The predicted molar refractivity (Wildman–Crippen MR) is 82.9 cm³/mol. The molecule has 3 atom stereocenters. The van der Waals surface area contributed by atoms with Gasteiger partial charge in [-0.05, 0) is 31.4 Å². The van der Waals surface area contributed by atoms with Crippen molar-refractivity contribution >= 4 is 23.4 Å². The van der Waals surface area contributed by atoms with Crippen molar-refractivity contribution in [2.24, 2.45) is 5.92 Å². The van der Waals surface area contributed by atoms with Crippen LogP contribution in [0.4, 0.5) is 0 Å². The normalized spacial score (nSPS) is 24.2. The lowest BCUT2D eigenvalue weighted by Gasteiger charge is -2.43. The summed E-state index contributed by atoms with van der Waals surface area (Å²) in [4.78, 5) is 26.5. The fourth-order valence-corrected chi connectivity index (χ4v) is 3.16. The van der Waals surface area contributed by atoms with E-state index in [1.165, 1.54) is 0 Å². The van der Waals surface area contributed by atoms with E-state index in [0.29, 0.717) is 5.02 Å². The molecule has 1 aliphatic rings. The molecule has 0 spiro atoms. The van der Waals surface area contributed by atoms with Crippen LogP contribution in [-0.4, -0.2) is 28.8 Å². The molecule has 1 saturated heterocycles. The van der Waals surface area contributed by atoms with Gasteiger partial charge in [0.25, 0.3) is 0 Å². The van der Waals surface area contributed by atoms with Crippen molar-refractivity contribution in [3.05, 3.63) is 34.9 Å². The molecule has 114 valence electrons. The maximum atomic E-state index is 12.6. The van der Waals surface area contributed by atoms with Gasteiger partial charge in [-0.15, -0.1) is 0 Å². The minimum absolute atomic E-state index is 0.0337. The highest BCUT2D eigenvalue weighted by molar-refractivity contribution is 6.31. The van der Waals surface area contributed by atoms with Crippen molar-refractivity contribution in [2.75, 3.05) is 0 Å². The van der Waals surface area contributed by atoms with Gasteiger partial charge in [-0.3, -0.25) is 9.59 Å². The van der Waals surface area contributed by atoms with Gasteiger partial charge in [0, 0.05) is 5.02 Å². The van der Waals surface area contributed by atoms with Crippen molar-refractivity contribution in [2.45, 2.75) is 45.8 Å². The zero-order chi connectivity index (χ0) is 15.7. The molecule has 1 fully saturated rings. The molecule has 1 aliphatic heterocycles. The highest BCUT2D eigenvalue weighted by Crippen LogP contribution is 2.32. The lowest BCUT2D eigenvalue weighted by Crippen LogP contribution is -2.64. The first-order chi connectivity index (χ1) is 9.84. The molecular formula is C16H21ClN2O2. The van der Waals surface area contributed by atoms with Crippen LogP contribution in [0.25, 0.3) is 0 Å². The average molecular weight is 309 g/mol. The maximum Gasteiger partial charge on any atom is 0.246 e. The molecular weight excluding hydrogens is 288 g/mol. The van der Waals surface area contributed by atoms with Crippen molar-refractivity contribution in [1.82, 2.24) is 10.2 Å². The van der Waals surface area contributed by atoms with Crippen LogP contribution in [0.2, 0.25) is 5.02 Å². The number of hydrogen-bond donors (Lipinski definition) is 1. The summed E-state index contributed by atoms with van der Waals surface area (Å²) in [6.07, 6.45) is 0. The molecule has 3 unspecified atom stereocenters. The van der Waals surface area contributed by atoms with Gasteiger partial charge in [-0.1, -0.05) is 43.6 Å². The third kappa shape index (κ3) is 2.91. The molecule has 2 amide bonds. The summed E-state index contributed by atoms with van der Waals surface area (Å²) < 4.78 is 0. The van der Waals surface area contributed by atoms with E-state index in [0.717, 1.165) is 5.56 Å². The molecule has 5 heteroatoms. The summed E-state index contributed by atoms with van der Waals surface area (Å²) in [6, 6.07) is 6.22. The second-order valence-corrected chi connectivity index (χ2v) is 6.27. The number of carbonyl (C=O) groups excluding carboxylic acids is 2. The second kappa shape index (κ2) is 6.06. The van der Waals surface area contributed by atoms with Crippen LogP contribution in [0.3, 0.4) is 0 Å². The van der Waals surface area contributed by atoms with Crippen molar-refractivity contribution in [3.8, 4) is 0 Å². The zero-order valence-corrected chi connectivity index (χ0v) is 13.5. The van der Waals surface area contributed by atoms with E-state index in [9.17, 15) is 9.59 Å². The van der Waals surface area contributed by atoms with Crippen LogP contribution in [0, 0.1) is 5.92 Å². The number of rotatable bonds is 3. The molecule has 0 aromatic heterocycles. The highest BCUT2D eigenvalue weighted by atomic mass is 35.5. The average Bonchev–Trinajstić information content (AvgIpc) is 2.41. The van der Waals surface area contributed by atoms with Gasteiger partial charge in [0.05, 0.1) is 6.04 Å². The Balaban J connectivity index is 2.43. The van der Waals surface area contributed by atoms with Crippen LogP contribution in [0.5, 0.6) is 0 Å². The fourth-order valence-electron chi connectivity index (χ4n) is 2.87. The third-order valence-corrected chi connectivity index (χ3v) is 4.30. The molecule has 4 nitrogen and oxygen atoms in total. The Hall–Kier alpha value is -1.55. The number of nitrogens with one attached hydrogen (secondary N) is 1. The number of benzene rings is 1. The van der Waals surface area contributed by atoms with Crippen LogP contribution >= 0.6 is 11.6 Å². The van der Waals surface area contributed by atoms with Gasteiger partial charge in [-0.25, -0.2) is 0 Å². The van der Waals surface area contributed by atoms with E-state index < -0.39 is 12.1 Å². The Morgan fingerprint density at radius 2 is 1.81 bits per heavy atom. The SMILES string of the molecule is CC1NC(=O)C(C(C)C)N(C(C)c2ccccc2Cl)C1=O. The van der Waals surface area contributed by atoms with Crippen LogP contribution in [0.1, 0.15) is 39.3 Å². The smallest absolute Gasteiger partial charge is 0.246 e. The lowest BCUT2D eigenvalue weighted by molar-refractivity contribution is -0.153. The number of carbonyl (C=O) groups is 2. The fraction of sp³-hybridized carbons (Fsp3) is 0.500. The van der Waals surface area contributed by atoms with Gasteiger partial charge in [0.2, 0.25) is 11.8 Å². The quantitative estimate of drug-likeness (QED) is 0.933. The molecule has 0 bridgehead atoms. The summed E-state index contributed by atoms with van der Waals surface area (Å²) in [5.41, 5.74) is 0.861. The van der Waals surface area contributed by atoms with Gasteiger partial charge < -0.3 is 10.2 Å². The lowest BCUT2D eigenvalue weighted by atomic mass is 9.93. The first-order valence-electron chi connectivity index (χ1n) is 7.21. The van der Waals surface area contributed by atoms with Gasteiger partial charge in [0.15, 0.2) is 0 Å². The molecule has 21 heavy (non-hydrogen) atoms. The number of piperazine rings is 1. The Labute approximate surface area is 130 Å². The van der Waals surface area contributed by atoms with E-state index in [4.69, 9.17) is 11.6 Å². The first-order valence-corrected chi connectivity index (χ1v) is 7.59. The molecule has 1 aromatic rings. The van der Waals surface area contributed by atoms with E-state index in [1.807, 2.05) is 39.0 Å². The van der Waals surface area contributed by atoms with Gasteiger partial charge >= 0.3 is 0 Å². The standard InChI is InChI=1S/C16H21ClN2O2/c1-9(2)14-15(20)18-10(3)16(21)19(14)11(4)12-7-5-6-8-13(12)17/h5-11,14H,1-4H3,(H,18,20). The predicted octanol–water partition coefficient (Wildman–Crippen LogP) is 2.77. The van der Waals surface area contributed by atoms with Crippen LogP contribution < -0.4 is 5.32 Å². The monoisotopic (exact) mass is 308 g/mol. The van der Waals surface area contributed by atoms with Crippen molar-refractivity contribution in [1.29, 1.82) is 0 Å². The van der Waals surface area contributed by atoms with E-state index in [2.05, 4.69) is 5.32 Å². The topological polar surface area (TPSA) is 49.4 Å². The summed E-state index contributed by atoms with van der Waals surface area (Å²) in [6.45, 7) is 7.52. The van der Waals surface area contributed by atoms with Crippen molar-refractivity contribution < 1.29 is 9.59 Å². The number of hydrogen-bond acceptors (Lipinski definition) is 2. The minimum atomic E-state index is -0.502. The molecule has 0 saturated carbocycles. The largest absolute Gasteiger partial charge is 0.343 e. The van der Waals surface area contributed by atoms with Crippen LogP contribution in [-0.2, 0) is 9.59 Å². The molecule has 1 aromatic carbocycles. The van der Waals surface area contributed by atoms with E-state index >= 15 is 0 Å². The first kappa shape index (κ1) is 15.8. The second-order valence-electron chi connectivity index (χ2n) is 5.86. The van der Waals surface area contributed by atoms with E-state index in [1.54, 1.807) is 17.9 Å². The summed E-state index contributed by atoms with van der Waals surface area (Å²) in [7, 11) is 0. The Bertz CT molecular complexity index is 559. The summed E-state index contributed by atoms with van der Waals surface area (Å²) >= 11 is 6.25. The zero-order valence-electron chi connectivity index (χ0n) is 12.8. The molecule has 1 heterocycles. The van der Waals surface area contributed by atoms with Gasteiger partial charge in [-0.2, -0.15) is 0 Å². The number of halogens is 1. The van der Waals surface area contributed by atoms with E-state index in [-0.39, 0.29) is 23.8 Å². The van der Waals surface area contributed by atoms with Crippen LogP contribution in [0.15, 0.2) is 24.3 Å². The maximum absolute atomic E-state index is 12.6. The molecule has 2 rings (SSSR count). The molecule has 1 N–H and O–H groups in total. The Kier molecular flexibility index (Phi) is 4.57. The molecule has 0 aliphatic carbocycles. The molecule has 0 radical (unpaired) electrons. The Morgan fingerprint density at radius 1 is 1.19 bits per heavy atom.